The highest BCUT2D eigenvalue weighted by molar-refractivity contribution is 5.98. The fourth-order valence-electron chi connectivity index (χ4n) is 3.75. The third kappa shape index (κ3) is 4.85. The SMILES string of the molecule is COc1ccccc1-c1cnc2c(c1)C(=O)N([C@H](C)CO)C[C@@H](C)[C@H](CN(C)C(C)=O)O2. The second kappa shape index (κ2) is 9.99. The molecule has 2 heterocycles. The molecule has 2 aromatic rings. The molecule has 2 amide bonds. The molecule has 0 unspecified atom stereocenters. The van der Waals surface area contributed by atoms with Crippen molar-refractivity contribution in [2.45, 2.75) is 32.9 Å². The molecule has 0 saturated heterocycles. The number of methoxy groups -OCH3 is 1. The number of hydrogen-bond donors (Lipinski definition) is 1. The number of aliphatic hydroxyl groups is 1. The van der Waals surface area contributed by atoms with Crippen LogP contribution in [0.2, 0.25) is 0 Å². The first-order valence-electron chi connectivity index (χ1n) is 10.7. The van der Waals surface area contributed by atoms with Crippen LogP contribution in [-0.4, -0.2) is 77.7 Å². The number of aliphatic hydroxyl groups excluding tert-OH is 1. The van der Waals surface area contributed by atoms with Gasteiger partial charge in [0.1, 0.15) is 17.4 Å². The summed E-state index contributed by atoms with van der Waals surface area (Å²) in [5, 5.41) is 9.78. The largest absolute Gasteiger partial charge is 0.496 e. The summed E-state index contributed by atoms with van der Waals surface area (Å²) < 4.78 is 11.7. The molecular formula is C24H31N3O5. The monoisotopic (exact) mass is 441 g/mol. The van der Waals surface area contributed by atoms with Crippen molar-refractivity contribution in [1.82, 2.24) is 14.8 Å². The van der Waals surface area contributed by atoms with Gasteiger partial charge in [0.05, 0.1) is 26.3 Å². The molecule has 172 valence electrons. The van der Waals surface area contributed by atoms with Gasteiger partial charge in [0.2, 0.25) is 11.8 Å². The first-order valence-corrected chi connectivity index (χ1v) is 10.7. The number of carbonyl (C=O) groups is 2. The molecule has 1 aliphatic heterocycles. The summed E-state index contributed by atoms with van der Waals surface area (Å²) in [5.41, 5.74) is 1.85. The molecule has 0 radical (unpaired) electrons. The van der Waals surface area contributed by atoms with Crippen LogP contribution in [0.15, 0.2) is 36.5 Å². The molecule has 0 spiro atoms. The second-order valence-corrected chi connectivity index (χ2v) is 8.30. The molecule has 32 heavy (non-hydrogen) atoms. The van der Waals surface area contributed by atoms with Crippen LogP contribution in [0.5, 0.6) is 11.6 Å². The highest BCUT2D eigenvalue weighted by Gasteiger charge is 2.34. The maximum Gasteiger partial charge on any atom is 0.259 e. The van der Waals surface area contributed by atoms with Gasteiger partial charge in [-0.3, -0.25) is 9.59 Å². The van der Waals surface area contributed by atoms with Gasteiger partial charge in [-0.2, -0.15) is 0 Å². The third-order valence-electron chi connectivity index (χ3n) is 5.93. The minimum absolute atomic E-state index is 0.0702. The van der Waals surface area contributed by atoms with Gasteiger partial charge in [-0.25, -0.2) is 4.98 Å². The Morgan fingerprint density at radius 3 is 2.75 bits per heavy atom. The topological polar surface area (TPSA) is 92.2 Å². The van der Waals surface area contributed by atoms with Crippen molar-refractivity contribution in [1.29, 1.82) is 0 Å². The molecule has 3 atom stereocenters. The van der Waals surface area contributed by atoms with Crippen molar-refractivity contribution in [3.63, 3.8) is 0 Å². The van der Waals surface area contributed by atoms with Crippen molar-refractivity contribution in [2.24, 2.45) is 5.92 Å². The maximum atomic E-state index is 13.5. The van der Waals surface area contributed by atoms with E-state index in [-0.39, 0.29) is 42.4 Å². The normalized spacial score (nSPS) is 19.3. The number of ether oxygens (including phenoxy) is 2. The van der Waals surface area contributed by atoms with Crippen LogP contribution in [0.3, 0.4) is 0 Å². The van der Waals surface area contributed by atoms with Gasteiger partial charge < -0.3 is 24.4 Å². The van der Waals surface area contributed by atoms with Crippen LogP contribution in [0.1, 0.15) is 31.1 Å². The lowest BCUT2D eigenvalue weighted by Gasteiger charge is -2.37. The fourth-order valence-corrected chi connectivity index (χ4v) is 3.75. The second-order valence-electron chi connectivity index (χ2n) is 8.30. The van der Waals surface area contributed by atoms with Gasteiger partial charge in [-0.05, 0) is 19.1 Å². The number of pyridine rings is 1. The van der Waals surface area contributed by atoms with E-state index in [1.165, 1.54) is 6.92 Å². The lowest BCUT2D eigenvalue weighted by atomic mass is 9.99. The number of nitrogens with zero attached hydrogens (tertiary/aromatic N) is 3. The predicted octanol–water partition coefficient (Wildman–Crippen LogP) is 2.46. The molecule has 0 saturated carbocycles. The van der Waals surface area contributed by atoms with Gasteiger partial charge in [-0.15, -0.1) is 0 Å². The average molecular weight is 442 g/mol. The number of hydrogen-bond acceptors (Lipinski definition) is 6. The van der Waals surface area contributed by atoms with Gasteiger partial charge >= 0.3 is 0 Å². The van der Waals surface area contributed by atoms with Crippen LogP contribution >= 0.6 is 0 Å². The molecule has 0 aliphatic carbocycles. The zero-order valence-electron chi connectivity index (χ0n) is 19.2. The van der Waals surface area contributed by atoms with E-state index in [1.54, 1.807) is 43.1 Å². The molecule has 3 rings (SSSR count). The van der Waals surface area contributed by atoms with E-state index < -0.39 is 0 Å². The lowest BCUT2D eigenvalue weighted by Crippen LogP contribution is -2.50. The highest BCUT2D eigenvalue weighted by atomic mass is 16.5. The number of fused-ring (bicyclic) bond motifs is 1. The molecule has 1 aromatic heterocycles. The smallest absolute Gasteiger partial charge is 0.259 e. The van der Waals surface area contributed by atoms with Gasteiger partial charge in [0, 0.05) is 43.8 Å². The van der Waals surface area contributed by atoms with E-state index in [2.05, 4.69) is 4.98 Å². The quantitative estimate of drug-likeness (QED) is 0.740. The van der Waals surface area contributed by atoms with E-state index in [0.29, 0.717) is 24.4 Å². The van der Waals surface area contributed by atoms with E-state index in [4.69, 9.17) is 9.47 Å². The summed E-state index contributed by atoms with van der Waals surface area (Å²) in [6, 6.07) is 8.89. The van der Waals surface area contributed by atoms with E-state index in [1.807, 2.05) is 31.2 Å². The van der Waals surface area contributed by atoms with Gasteiger partial charge in [0.25, 0.3) is 5.91 Å². The number of carbonyl (C=O) groups excluding carboxylic acids is 2. The van der Waals surface area contributed by atoms with Crippen molar-refractivity contribution in [3.8, 4) is 22.8 Å². The zero-order valence-corrected chi connectivity index (χ0v) is 19.2. The molecule has 1 aromatic carbocycles. The molecule has 8 nitrogen and oxygen atoms in total. The van der Waals surface area contributed by atoms with Gasteiger partial charge in [0.15, 0.2) is 0 Å². The summed E-state index contributed by atoms with van der Waals surface area (Å²) in [4.78, 5) is 33.0. The summed E-state index contributed by atoms with van der Waals surface area (Å²) in [7, 11) is 3.31. The van der Waals surface area contributed by atoms with Crippen molar-refractivity contribution >= 4 is 11.8 Å². The number of benzene rings is 1. The Hall–Kier alpha value is -3.13. The Bertz CT molecular complexity index is 980. The Morgan fingerprint density at radius 2 is 2.09 bits per heavy atom. The first kappa shape index (κ1) is 23.5. The Kier molecular flexibility index (Phi) is 7.35. The molecular weight excluding hydrogens is 410 g/mol. The average Bonchev–Trinajstić information content (AvgIpc) is 2.80. The molecule has 0 bridgehead atoms. The number of rotatable bonds is 6. The van der Waals surface area contributed by atoms with E-state index in [0.717, 1.165) is 11.1 Å². The van der Waals surface area contributed by atoms with Crippen molar-refractivity contribution in [2.75, 3.05) is 33.9 Å². The molecule has 0 fully saturated rings. The Morgan fingerprint density at radius 1 is 1.38 bits per heavy atom. The minimum Gasteiger partial charge on any atom is -0.496 e. The van der Waals surface area contributed by atoms with Gasteiger partial charge in [-0.1, -0.05) is 25.1 Å². The minimum atomic E-state index is -0.378. The van der Waals surface area contributed by atoms with Crippen molar-refractivity contribution < 1.29 is 24.2 Å². The molecule has 8 heteroatoms. The van der Waals surface area contributed by atoms with Crippen molar-refractivity contribution in [3.05, 3.63) is 42.1 Å². The lowest BCUT2D eigenvalue weighted by molar-refractivity contribution is -0.129. The number of likely N-dealkylation sites (N-methyl/N-ethyl adjacent to an activating group) is 1. The standard InChI is InChI=1S/C24H31N3O5/c1-15-12-27(16(2)14-28)24(30)20-10-18(19-8-6-7-9-21(19)31-5)11-25-23(20)32-22(15)13-26(4)17(3)29/h6-11,15-16,22,28H,12-14H2,1-5H3/t15-,16-,22+/m1/s1. The van der Waals surface area contributed by atoms with Crippen LogP contribution in [0.25, 0.3) is 11.1 Å². The number of para-hydroxylation sites is 1. The summed E-state index contributed by atoms with van der Waals surface area (Å²) in [6.07, 6.45) is 1.29. The van der Waals surface area contributed by atoms with Crippen LogP contribution in [0.4, 0.5) is 0 Å². The first-order chi connectivity index (χ1) is 15.3. The predicted molar refractivity (Wildman–Crippen MR) is 121 cm³/mol. The fraction of sp³-hybridized carbons (Fsp3) is 0.458. The number of aromatic nitrogens is 1. The highest BCUT2D eigenvalue weighted by Crippen LogP contribution is 2.34. The maximum absolute atomic E-state index is 13.5. The summed E-state index contributed by atoms with van der Waals surface area (Å²) in [5.74, 6) is 0.481. The molecule has 1 aliphatic rings. The van der Waals surface area contributed by atoms with E-state index in [9.17, 15) is 14.7 Å². The van der Waals surface area contributed by atoms with E-state index >= 15 is 0 Å². The number of amides is 2. The van der Waals surface area contributed by atoms with Crippen LogP contribution in [-0.2, 0) is 4.79 Å². The Labute approximate surface area is 188 Å². The summed E-state index contributed by atoms with van der Waals surface area (Å²) in [6.45, 7) is 5.87. The summed E-state index contributed by atoms with van der Waals surface area (Å²) >= 11 is 0. The van der Waals surface area contributed by atoms with Crippen LogP contribution in [0, 0.1) is 5.92 Å². The third-order valence-corrected chi connectivity index (χ3v) is 5.93. The van der Waals surface area contributed by atoms with Crippen LogP contribution < -0.4 is 9.47 Å². The zero-order chi connectivity index (χ0) is 23.4. The Balaban J connectivity index is 2.09. The molecule has 1 N–H and O–H groups in total.